The van der Waals surface area contributed by atoms with E-state index in [9.17, 15) is 4.79 Å². The highest BCUT2D eigenvalue weighted by molar-refractivity contribution is 6.13. The van der Waals surface area contributed by atoms with E-state index in [2.05, 4.69) is 39.9 Å². The van der Waals surface area contributed by atoms with Crippen molar-refractivity contribution in [1.29, 1.82) is 0 Å². The van der Waals surface area contributed by atoms with Crippen molar-refractivity contribution >= 4 is 23.3 Å². The lowest BCUT2D eigenvalue weighted by molar-refractivity contribution is 0.250. The van der Waals surface area contributed by atoms with Crippen molar-refractivity contribution in [3.8, 4) is 11.1 Å². The summed E-state index contributed by atoms with van der Waals surface area (Å²) < 4.78 is 0. The van der Waals surface area contributed by atoms with Gasteiger partial charge in [0.15, 0.2) is 0 Å². The van der Waals surface area contributed by atoms with E-state index in [-0.39, 0.29) is 12.1 Å². The van der Waals surface area contributed by atoms with E-state index in [1.54, 1.807) is 0 Å². The molecule has 1 saturated carbocycles. The van der Waals surface area contributed by atoms with Gasteiger partial charge in [-0.15, -0.1) is 0 Å². The number of urea groups is 1. The zero-order chi connectivity index (χ0) is 20.8. The van der Waals surface area contributed by atoms with Crippen molar-refractivity contribution in [3.05, 3.63) is 89.5 Å². The normalized spacial score (nSPS) is 16.9. The van der Waals surface area contributed by atoms with Crippen molar-refractivity contribution in [2.45, 2.75) is 18.9 Å². The quantitative estimate of drug-likeness (QED) is 0.615. The van der Waals surface area contributed by atoms with Gasteiger partial charge in [0.25, 0.3) is 0 Å². The van der Waals surface area contributed by atoms with Gasteiger partial charge in [-0.05, 0) is 52.8 Å². The van der Waals surface area contributed by atoms with Crippen LogP contribution in [0, 0.1) is 5.92 Å². The molecule has 3 aromatic rings. The molecule has 152 valence electrons. The zero-order valence-electron chi connectivity index (χ0n) is 17.0. The fourth-order valence-electron chi connectivity index (χ4n) is 4.47. The van der Waals surface area contributed by atoms with Gasteiger partial charge in [-0.1, -0.05) is 60.7 Å². The summed E-state index contributed by atoms with van der Waals surface area (Å²) in [5, 5.41) is 6.15. The van der Waals surface area contributed by atoms with Gasteiger partial charge in [0, 0.05) is 11.6 Å². The lowest BCUT2D eigenvalue weighted by Crippen LogP contribution is -2.32. The lowest BCUT2D eigenvalue weighted by Gasteiger charge is -2.17. The van der Waals surface area contributed by atoms with Gasteiger partial charge in [0.1, 0.15) is 5.84 Å². The summed E-state index contributed by atoms with van der Waals surface area (Å²) >= 11 is 0. The molecule has 2 N–H and O–H groups in total. The second-order valence-corrected chi connectivity index (χ2v) is 8.29. The number of hydrogen-bond acceptors (Lipinski definition) is 3. The molecule has 0 unspecified atom stereocenters. The topological polar surface area (TPSA) is 65.8 Å². The minimum absolute atomic E-state index is 0.163. The van der Waals surface area contributed by atoms with Gasteiger partial charge >= 0.3 is 6.03 Å². The van der Waals surface area contributed by atoms with Crippen LogP contribution in [0.3, 0.4) is 0 Å². The third kappa shape index (κ3) is 3.32. The number of carbonyl (C=O) groups is 1. The molecule has 1 heterocycles. The molecular weight excluding hydrogens is 384 g/mol. The van der Waals surface area contributed by atoms with Crippen LogP contribution in [0.2, 0.25) is 0 Å². The Kier molecular flexibility index (Phi) is 4.20. The number of carbonyl (C=O) groups excluding carboxylic acids is 1. The summed E-state index contributed by atoms with van der Waals surface area (Å²) in [5.74, 6) is 1.55. The Morgan fingerprint density at radius 1 is 0.871 bits per heavy atom. The molecule has 1 aliphatic heterocycles. The first kappa shape index (κ1) is 18.1. The van der Waals surface area contributed by atoms with Crippen LogP contribution in [-0.4, -0.2) is 24.1 Å². The molecule has 5 heteroatoms. The molecule has 31 heavy (non-hydrogen) atoms. The molecule has 2 aliphatic carbocycles. The van der Waals surface area contributed by atoms with Gasteiger partial charge in [-0.3, -0.25) is 4.99 Å². The van der Waals surface area contributed by atoms with Gasteiger partial charge in [-0.2, -0.15) is 0 Å². The number of amidine groups is 1. The van der Waals surface area contributed by atoms with Crippen LogP contribution in [0.1, 0.15) is 35.6 Å². The molecule has 0 atom stereocenters. The Morgan fingerprint density at radius 2 is 1.58 bits per heavy atom. The summed E-state index contributed by atoms with van der Waals surface area (Å²) in [6.45, 7) is 0.622. The Morgan fingerprint density at radius 3 is 2.29 bits per heavy atom. The highest BCUT2D eigenvalue weighted by atomic mass is 16.2. The summed E-state index contributed by atoms with van der Waals surface area (Å²) in [5.41, 5.74) is 7.33. The molecule has 3 aliphatic rings. The van der Waals surface area contributed by atoms with Crippen LogP contribution in [0.4, 0.5) is 10.5 Å². The fourth-order valence-corrected chi connectivity index (χ4v) is 4.47. The van der Waals surface area contributed by atoms with Crippen LogP contribution in [0.5, 0.6) is 0 Å². The maximum Gasteiger partial charge on any atom is 0.319 e. The molecule has 2 amide bonds. The highest BCUT2D eigenvalue weighted by Crippen LogP contribution is 2.43. The van der Waals surface area contributed by atoms with Crippen LogP contribution < -0.4 is 10.6 Å². The molecule has 0 bridgehead atoms. The summed E-state index contributed by atoms with van der Waals surface area (Å²) in [4.78, 5) is 22.2. The van der Waals surface area contributed by atoms with Crippen molar-refractivity contribution in [2.75, 3.05) is 11.9 Å². The predicted molar refractivity (Wildman–Crippen MR) is 124 cm³/mol. The fraction of sp³-hybridized carbons (Fsp3) is 0.192. The Hall–Kier alpha value is -3.73. The number of aliphatic imine (C=N–C) groups is 2. The molecule has 6 rings (SSSR count). The smallest absolute Gasteiger partial charge is 0.319 e. The second kappa shape index (κ2) is 7.20. The van der Waals surface area contributed by atoms with Gasteiger partial charge < -0.3 is 10.6 Å². The first-order chi connectivity index (χ1) is 15.3. The summed E-state index contributed by atoms with van der Waals surface area (Å²) in [7, 11) is 0. The lowest BCUT2D eigenvalue weighted by atomic mass is 10.1. The largest absolute Gasteiger partial charge is 0.327 e. The summed E-state index contributed by atoms with van der Waals surface area (Å²) in [6.07, 6.45) is 2.40. The van der Waals surface area contributed by atoms with Gasteiger partial charge in [0.2, 0.25) is 0 Å². The number of anilines is 1. The predicted octanol–water partition coefficient (Wildman–Crippen LogP) is 5.19. The standard InChI is InChI=1S/C26H22N4O/c31-26(30-24-21-10-3-1-8-19(21)20-9-2-4-11-22(20)24)28-18-7-5-6-17(14-18)23-15-27-25(29-23)16-12-13-16/h1-11,14,16,24H,12-13,15H2,(H2,28,30,31). The zero-order valence-corrected chi connectivity index (χ0v) is 17.0. The summed E-state index contributed by atoms with van der Waals surface area (Å²) in [6, 6.07) is 23.9. The molecule has 3 aromatic carbocycles. The Balaban J connectivity index is 1.20. The van der Waals surface area contributed by atoms with Crippen LogP contribution >= 0.6 is 0 Å². The number of nitrogens with zero attached hydrogens (tertiary/aromatic N) is 2. The van der Waals surface area contributed by atoms with Gasteiger partial charge in [0.05, 0.1) is 18.3 Å². The first-order valence-electron chi connectivity index (χ1n) is 10.7. The second-order valence-electron chi connectivity index (χ2n) is 8.29. The van der Waals surface area contributed by atoms with Crippen molar-refractivity contribution in [3.63, 3.8) is 0 Å². The maximum atomic E-state index is 12.9. The Bertz CT molecular complexity index is 1210. The van der Waals surface area contributed by atoms with Crippen LogP contribution in [-0.2, 0) is 0 Å². The van der Waals surface area contributed by atoms with E-state index in [1.807, 2.05) is 48.5 Å². The number of fused-ring (bicyclic) bond motifs is 3. The molecule has 0 radical (unpaired) electrons. The van der Waals surface area contributed by atoms with Crippen LogP contribution in [0.25, 0.3) is 11.1 Å². The molecule has 0 saturated heterocycles. The number of rotatable bonds is 4. The maximum absolute atomic E-state index is 12.9. The van der Waals surface area contributed by atoms with E-state index < -0.39 is 0 Å². The molecule has 5 nitrogen and oxygen atoms in total. The third-order valence-corrected chi connectivity index (χ3v) is 6.15. The van der Waals surface area contributed by atoms with Crippen molar-refractivity contribution in [1.82, 2.24) is 5.32 Å². The van der Waals surface area contributed by atoms with E-state index in [4.69, 9.17) is 4.99 Å². The average Bonchev–Trinajstić information content (AvgIpc) is 3.45. The van der Waals surface area contributed by atoms with Gasteiger partial charge in [-0.25, -0.2) is 9.79 Å². The SMILES string of the molecule is O=C(Nc1cccc(C2=NC(C3CC3)=NC2)c1)NC1c2ccccc2-c2ccccc21. The third-order valence-electron chi connectivity index (χ3n) is 6.15. The Labute approximate surface area is 180 Å². The minimum Gasteiger partial charge on any atom is -0.327 e. The monoisotopic (exact) mass is 406 g/mol. The van der Waals surface area contributed by atoms with Crippen molar-refractivity contribution in [2.24, 2.45) is 15.9 Å². The number of amides is 2. The first-order valence-corrected chi connectivity index (χ1v) is 10.7. The molecular formula is C26H22N4O. The average molecular weight is 406 g/mol. The number of nitrogens with one attached hydrogen (secondary N) is 2. The van der Waals surface area contributed by atoms with E-state index >= 15 is 0 Å². The number of hydrogen-bond donors (Lipinski definition) is 2. The molecule has 1 fully saturated rings. The van der Waals surface area contributed by atoms with E-state index in [0.29, 0.717) is 12.5 Å². The number of benzene rings is 3. The van der Waals surface area contributed by atoms with E-state index in [1.165, 1.54) is 24.0 Å². The minimum atomic E-state index is -0.225. The molecule has 0 spiro atoms. The highest BCUT2D eigenvalue weighted by Gasteiger charge is 2.30. The van der Waals surface area contributed by atoms with Crippen LogP contribution in [0.15, 0.2) is 82.8 Å². The van der Waals surface area contributed by atoms with Crippen molar-refractivity contribution < 1.29 is 4.79 Å². The molecule has 0 aromatic heterocycles. The van der Waals surface area contributed by atoms with E-state index in [0.717, 1.165) is 33.9 Å².